The predicted octanol–water partition coefficient (Wildman–Crippen LogP) is 3.63. The lowest BCUT2D eigenvalue weighted by Crippen LogP contribution is -2.15. The molecule has 15 heteroatoms. The van der Waals surface area contributed by atoms with E-state index in [1.807, 2.05) is 0 Å². The van der Waals surface area contributed by atoms with Crippen molar-refractivity contribution in [1.29, 1.82) is 0 Å². The van der Waals surface area contributed by atoms with Crippen LogP contribution in [0.3, 0.4) is 0 Å². The van der Waals surface area contributed by atoms with Gasteiger partial charge in [-0.1, -0.05) is 58.0 Å². The fraction of sp³-hybridized carbons (Fsp3) is 1.00. The molecule has 0 aliphatic carbocycles. The highest BCUT2D eigenvalue weighted by molar-refractivity contribution is 14.1. The van der Waals surface area contributed by atoms with Crippen LogP contribution in [0.15, 0.2) is 0 Å². The van der Waals surface area contributed by atoms with E-state index in [1.165, 1.54) is 23.7 Å². The van der Waals surface area contributed by atoms with Crippen LogP contribution in [0, 0.1) is 0 Å². The number of hydrogen-bond acceptors (Lipinski definition) is 13. The summed E-state index contributed by atoms with van der Waals surface area (Å²) in [6, 6.07) is 0. The zero-order chi connectivity index (χ0) is 33.8. The summed E-state index contributed by atoms with van der Waals surface area (Å²) in [6.45, 7) is 14.7. The fourth-order valence-electron chi connectivity index (χ4n) is 3.45. The van der Waals surface area contributed by atoms with E-state index >= 15 is 0 Å². The van der Waals surface area contributed by atoms with E-state index in [-0.39, 0.29) is 0 Å². The number of unbranched alkanes of at least 4 members (excludes halogenated alkanes) is 3. The zero-order valence-corrected chi connectivity index (χ0v) is 33.0. The van der Waals surface area contributed by atoms with Crippen LogP contribution in [0.5, 0.6) is 0 Å². The maximum absolute atomic E-state index is 5.56. The normalized spacial score (nSPS) is 11.6. The molecule has 0 aliphatic rings. The Bertz CT molecular complexity index is 501. The lowest BCUT2D eigenvalue weighted by molar-refractivity contribution is -0.0289. The average molecular weight is 911 g/mol. The highest BCUT2D eigenvalue weighted by atomic mass is 127. The zero-order valence-electron chi connectivity index (χ0n) is 28.7. The van der Waals surface area contributed by atoms with Crippen molar-refractivity contribution >= 4 is 45.2 Å². The van der Waals surface area contributed by atoms with Crippen LogP contribution in [0.2, 0.25) is 0 Å². The van der Waals surface area contributed by atoms with E-state index in [0.717, 1.165) is 24.1 Å². The average Bonchev–Trinajstić information content (AvgIpc) is 3.08. The van der Waals surface area contributed by atoms with E-state index in [9.17, 15) is 0 Å². The summed E-state index contributed by atoms with van der Waals surface area (Å²) >= 11 is 4.70. The SMILES string of the molecule is ICCCCCCOCCOCCOCCOCCOCCOCCOCCOCCOCCOCCOCCOCCOCCI. The summed E-state index contributed by atoms with van der Waals surface area (Å²) in [5, 5.41) is 0. The molecule has 0 heterocycles. The van der Waals surface area contributed by atoms with Gasteiger partial charge in [-0.3, -0.25) is 0 Å². The third-order valence-electron chi connectivity index (χ3n) is 5.86. The first-order valence-electron chi connectivity index (χ1n) is 17.0. The number of alkyl halides is 2. The Morgan fingerprint density at radius 1 is 0.170 bits per heavy atom. The molecule has 284 valence electrons. The minimum atomic E-state index is 0.516. The molecule has 0 rings (SSSR count). The molecule has 13 nitrogen and oxygen atoms in total. The summed E-state index contributed by atoms with van der Waals surface area (Å²) in [4.78, 5) is 0. The van der Waals surface area contributed by atoms with Crippen molar-refractivity contribution < 1.29 is 61.6 Å². The highest BCUT2D eigenvalue weighted by Gasteiger charge is 1.97. The first-order valence-corrected chi connectivity index (χ1v) is 20.1. The fourth-order valence-corrected chi connectivity index (χ4v) is 4.30. The number of hydrogen-bond donors (Lipinski definition) is 0. The van der Waals surface area contributed by atoms with Gasteiger partial charge in [0.1, 0.15) is 0 Å². The Hall–Kier alpha value is 0.940. The van der Waals surface area contributed by atoms with Crippen LogP contribution in [0.25, 0.3) is 0 Å². The van der Waals surface area contributed by atoms with E-state index in [0.29, 0.717) is 159 Å². The van der Waals surface area contributed by atoms with Gasteiger partial charge < -0.3 is 61.6 Å². The molecule has 0 aromatic carbocycles. The van der Waals surface area contributed by atoms with Gasteiger partial charge in [-0.2, -0.15) is 0 Å². The Balaban J connectivity index is 3.03. The standard InChI is InChI=1S/C32H64I2O13/c33-5-3-1-2-4-7-35-9-11-37-13-15-39-17-19-41-21-23-43-25-27-45-29-31-47-32-30-46-28-26-44-24-22-42-20-18-40-16-14-38-12-10-36-8-6-34/h1-32H2. The lowest BCUT2D eigenvalue weighted by Gasteiger charge is -2.09. The van der Waals surface area contributed by atoms with Gasteiger partial charge in [0.05, 0.1) is 165 Å². The van der Waals surface area contributed by atoms with Crippen LogP contribution in [-0.2, 0) is 61.6 Å². The van der Waals surface area contributed by atoms with Gasteiger partial charge in [0.15, 0.2) is 0 Å². The molecule has 0 aromatic heterocycles. The molecule has 0 spiro atoms. The lowest BCUT2D eigenvalue weighted by atomic mass is 10.2. The molecular weight excluding hydrogens is 846 g/mol. The number of ether oxygens (including phenoxy) is 13. The quantitative estimate of drug-likeness (QED) is 0.0504. The van der Waals surface area contributed by atoms with E-state index in [1.54, 1.807) is 0 Å². The molecule has 0 saturated carbocycles. The van der Waals surface area contributed by atoms with E-state index in [4.69, 9.17) is 61.6 Å². The smallest absolute Gasteiger partial charge is 0.0701 e. The molecule has 0 unspecified atom stereocenters. The maximum atomic E-state index is 5.56. The molecule has 0 atom stereocenters. The third kappa shape index (κ3) is 46.9. The van der Waals surface area contributed by atoms with Crippen molar-refractivity contribution in [2.24, 2.45) is 0 Å². The minimum Gasteiger partial charge on any atom is -0.379 e. The van der Waals surface area contributed by atoms with Crippen LogP contribution in [0.1, 0.15) is 25.7 Å². The predicted molar refractivity (Wildman–Crippen MR) is 197 cm³/mol. The van der Waals surface area contributed by atoms with Gasteiger partial charge in [-0.25, -0.2) is 0 Å². The second kappa shape index (κ2) is 46.9. The molecule has 0 aromatic rings. The first-order chi connectivity index (χ1) is 23.4. The summed E-state index contributed by atoms with van der Waals surface area (Å²) in [6.07, 6.45) is 4.98. The van der Waals surface area contributed by atoms with Gasteiger partial charge in [-0.15, -0.1) is 0 Å². The molecule has 0 radical (unpaired) electrons. The van der Waals surface area contributed by atoms with Crippen LogP contribution in [-0.4, -0.2) is 181 Å². The first kappa shape index (κ1) is 47.9. The van der Waals surface area contributed by atoms with Crippen LogP contribution < -0.4 is 0 Å². The molecule has 47 heavy (non-hydrogen) atoms. The monoisotopic (exact) mass is 910 g/mol. The molecule has 0 saturated heterocycles. The van der Waals surface area contributed by atoms with Crippen molar-refractivity contribution in [2.75, 3.05) is 181 Å². The second-order valence-corrected chi connectivity index (χ2v) is 11.9. The molecule has 0 fully saturated rings. The Labute approximate surface area is 311 Å². The Morgan fingerprint density at radius 3 is 0.574 bits per heavy atom. The largest absolute Gasteiger partial charge is 0.379 e. The van der Waals surface area contributed by atoms with Crippen LogP contribution >= 0.6 is 45.2 Å². The van der Waals surface area contributed by atoms with E-state index in [2.05, 4.69) is 45.2 Å². The highest BCUT2D eigenvalue weighted by Crippen LogP contribution is 2.02. The van der Waals surface area contributed by atoms with Gasteiger partial charge in [0.25, 0.3) is 0 Å². The molecular formula is C32H64I2O13. The van der Waals surface area contributed by atoms with Gasteiger partial charge >= 0.3 is 0 Å². The molecule has 0 amide bonds. The topological polar surface area (TPSA) is 120 Å². The molecule has 0 aliphatic heterocycles. The Morgan fingerprint density at radius 2 is 0.362 bits per heavy atom. The number of rotatable bonds is 44. The molecule has 0 bridgehead atoms. The van der Waals surface area contributed by atoms with Crippen molar-refractivity contribution in [3.05, 3.63) is 0 Å². The minimum absolute atomic E-state index is 0.516. The summed E-state index contributed by atoms with van der Waals surface area (Å²) < 4.78 is 73.4. The second-order valence-electron chi connectivity index (χ2n) is 9.75. The van der Waals surface area contributed by atoms with Crippen molar-refractivity contribution in [1.82, 2.24) is 0 Å². The summed E-state index contributed by atoms with van der Waals surface area (Å²) in [5.41, 5.74) is 0. The molecule has 0 N–H and O–H groups in total. The van der Waals surface area contributed by atoms with Gasteiger partial charge in [-0.05, 0) is 17.3 Å². The van der Waals surface area contributed by atoms with Crippen LogP contribution in [0.4, 0.5) is 0 Å². The third-order valence-corrected chi connectivity index (χ3v) is 7.06. The maximum Gasteiger partial charge on any atom is 0.0701 e. The Kier molecular flexibility index (Phi) is 47.9. The summed E-state index contributed by atoms with van der Waals surface area (Å²) in [5.74, 6) is 0. The van der Waals surface area contributed by atoms with Crippen molar-refractivity contribution in [3.8, 4) is 0 Å². The number of halogens is 2. The summed E-state index contributed by atoms with van der Waals surface area (Å²) in [7, 11) is 0. The van der Waals surface area contributed by atoms with Crippen molar-refractivity contribution in [3.63, 3.8) is 0 Å². The van der Waals surface area contributed by atoms with Gasteiger partial charge in [0, 0.05) is 11.0 Å². The van der Waals surface area contributed by atoms with Gasteiger partial charge in [0.2, 0.25) is 0 Å². The van der Waals surface area contributed by atoms with Crippen molar-refractivity contribution in [2.45, 2.75) is 25.7 Å². The van der Waals surface area contributed by atoms with E-state index < -0.39 is 0 Å².